The predicted octanol–water partition coefficient (Wildman–Crippen LogP) is 3.75. The SMILES string of the molecule is COc1ccc(C(c2cccc(OC)c2OC)N2CCCCC2C(=O)O)c(OC)c1. The molecular weight excluding hydrogens is 386 g/mol. The lowest BCUT2D eigenvalue weighted by Gasteiger charge is -2.40. The molecule has 7 nitrogen and oxygen atoms in total. The summed E-state index contributed by atoms with van der Waals surface area (Å²) in [5, 5.41) is 9.94. The number of methoxy groups -OCH3 is 4. The van der Waals surface area contributed by atoms with Crippen LogP contribution in [0.4, 0.5) is 0 Å². The lowest BCUT2D eigenvalue weighted by Crippen LogP contribution is -2.47. The summed E-state index contributed by atoms with van der Waals surface area (Å²) >= 11 is 0. The van der Waals surface area contributed by atoms with Crippen molar-refractivity contribution >= 4 is 5.97 Å². The molecule has 0 bridgehead atoms. The highest BCUT2D eigenvalue weighted by Crippen LogP contribution is 2.45. The van der Waals surface area contributed by atoms with Gasteiger partial charge in [-0.15, -0.1) is 0 Å². The highest BCUT2D eigenvalue weighted by Gasteiger charge is 2.38. The molecule has 1 N–H and O–H groups in total. The Hall–Kier alpha value is -2.93. The molecule has 0 radical (unpaired) electrons. The van der Waals surface area contributed by atoms with E-state index < -0.39 is 18.1 Å². The Morgan fingerprint density at radius 3 is 2.37 bits per heavy atom. The number of piperidine rings is 1. The number of ether oxygens (including phenoxy) is 4. The minimum atomic E-state index is -0.825. The van der Waals surface area contributed by atoms with Crippen LogP contribution in [0.2, 0.25) is 0 Å². The van der Waals surface area contributed by atoms with Crippen molar-refractivity contribution in [3.63, 3.8) is 0 Å². The van der Waals surface area contributed by atoms with Crippen LogP contribution >= 0.6 is 0 Å². The number of rotatable bonds is 8. The van der Waals surface area contributed by atoms with Crippen LogP contribution in [0.15, 0.2) is 36.4 Å². The minimum Gasteiger partial charge on any atom is -0.497 e. The third kappa shape index (κ3) is 4.16. The Bertz CT molecular complexity index is 884. The Labute approximate surface area is 177 Å². The van der Waals surface area contributed by atoms with Crippen LogP contribution in [0.25, 0.3) is 0 Å². The molecule has 1 aliphatic rings. The average molecular weight is 415 g/mol. The first kappa shape index (κ1) is 21.8. The van der Waals surface area contributed by atoms with Gasteiger partial charge in [0.25, 0.3) is 0 Å². The molecule has 0 amide bonds. The largest absolute Gasteiger partial charge is 0.497 e. The van der Waals surface area contributed by atoms with Gasteiger partial charge in [0, 0.05) is 17.2 Å². The molecule has 2 atom stereocenters. The Balaban J connectivity index is 2.24. The lowest BCUT2D eigenvalue weighted by atomic mass is 9.90. The number of nitrogens with zero attached hydrogens (tertiary/aromatic N) is 1. The van der Waals surface area contributed by atoms with Crippen LogP contribution in [0.5, 0.6) is 23.0 Å². The van der Waals surface area contributed by atoms with E-state index in [0.717, 1.165) is 24.0 Å². The Morgan fingerprint density at radius 2 is 1.73 bits per heavy atom. The summed E-state index contributed by atoms with van der Waals surface area (Å²) in [6, 6.07) is 10.3. The van der Waals surface area contributed by atoms with Crippen molar-refractivity contribution in [2.24, 2.45) is 0 Å². The van der Waals surface area contributed by atoms with Crippen molar-refractivity contribution in [3.8, 4) is 23.0 Å². The van der Waals surface area contributed by atoms with E-state index in [9.17, 15) is 9.90 Å². The van der Waals surface area contributed by atoms with Gasteiger partial charge >= 0.3 is 5.97 Å². The second kappa shape index (κ2) is 9.71. The highest BCUT2D eigenvalue weighted by molar-refractivity contribution is 5.74. The fraction of sp³-hybridized carbons (Fsp3) is 0.435. The number of likely N-dealkylation sites (tertiary alicyclic amines) is 1. The van der Waals surface area contributed by atoms with Crippen molar-refractivity contribution in [1.82, 2.24) is 4.90 Å². The molecule has 162 valence electrons. The quantitative estimate of drug-likeness (QED) is 0.704. The number of aliphatic carboxylic acids is 1. The maximum atomic E-state index is 12.1. The molecule has 2 unspecified atom stereocenters. The van der Waals surface area contributed by atoms with E-state index in [2.05, 4.69) is 0 Å². The zero-order chi connectivity index (χ0) is 21.7. The zero-order valence-corrected chi connectivity index (χ0v) is 17.9. The van der Waals surface area contributed by atoms with Gasteiger partial charge in [-0.3, -0.25) is 9.69 Å². The molecule has 3 rings (SSSR count). The molecule has 30 heavy (non-hydrogen) atoms. The monoisotopic (exact) mass is 415 g/mol. The van der Waals surface area contributed by atoms with Gasteiger partial charge in [0.1, 0.15) is 17.5 Å². The van der Waals surface area contributed by atoms with Crippen LogP contribution in [0.1, 0.15) is 36.4 Å². The van der Waals surface area contributed by atoms with Crippen molar-refractivity contribution < 1.29 is 28.8 Å². The van der Waals surface area contributed by atoms with Crippen molar-refractivity contribution in [2.75, 3.05) is 35.0 Å². The van der Waals surface area contributed by atoms with Crippen LogP contribution in [-0.4, -0.2) is 57.0 Å². The number of para-hydroxylation sites is 1. The molecule has 0 saturated carbocycles. The van der Waals surface area contributed by atoms with E-state index >= 15 is 0 Å². The van der Waals surface area contributed by atoms with E-state index in [1.807, 2.05) is 41.3 Å². The second-order valence-electron chi connectivity index (χ2n) is 7.18. The molecule has 2 aromatic rings. The lowest BCUT2D eigenvalue weighted by molar-refractivity contribution is -0.145. The van der Waals surface area contributed by atoms with E-state index in [1.54, 1.807) is 28.4 Å². The molecule has 1 aliphatic heterocycles. The van der Waals surface area contributed by atoms with E-state index in [0.29, 0.717) is 36.0 Å². The van der Waals surface area contributed by atoms with Crippen LogP contribution in [0, 0.1) is 0 Å². The normalized spacial score (nSPS) is 17.8. The highest BCUT2D eigenvalue weighted by atomic mass is 16.5. The van der Waals surface area contributed by atoms with Gasteiger partial charge in [-0.05, 0) is 37.6 Å². The maximum Gasteiger partial charge on any atom is 0.320 e. The average Bonchev–Trinajstić information content (AvgIpc) is 2.79. The summed E-state index contributed by atoms with van der Waals surface area (Å²) in [6.45, 7) is 0.650. The van der Waals surface area contributed by atoms with Gasteiger partial charge in [-0.25, -0.2) is 0 Å². The van der Waals surface area contributed by atoms with Crippen molar-refractivity contribution in [3.05, 3.63) is 47.5 Å². The van der Waals surface area contributed by atoms with E-state index in [4.69, 9.17) is 18.9 Å². The van der Waals surface area contributed by atoms with Crippen LogP contribution < -0.4 is 18.9 Å². The summed E-state index contributed by atoms with van der Waals surface area (Å²) in [4.78, 5) is 14.1. The fourth-order valence-corrected chi connectivity index (χ4v) is 4.22. The minimum absolute atomic E-state index is 0.391. The third-order valence-corrected chi connectivity index (χ3v) is 5.62. The first-order valence-corrected chi connectivity index (χ1v) is 9.97. The predicted molar refractivity (Wildman–Crippen MR) is 113 cm³/mol. The number of benzene rings is 2. The van der Waals surface area contributed by atoms with Crippen molar-refractivity contribution in [1.29, 1.82) is 0 Å². The van der Waals surface area contributed by atoms with Crippen molar-refractivity contribution in [2.45, 2.75) is 31.3 Å². The number of hydrogen-bond acceptors (Lipinski definition) is 6. The number of carboxylic acids is 1. The number of carboxylic acid groups (broad SMARTS) is 1. The molecular formula is C23H29NO6. The Morgan fingerprint density at radius 1 is 0.967 bits per heavy atom. The van der Waals surface area contributed by atoms with Crippen LogP contribution in [0.3, 0.4) is 0 Å². The first-order valence-electron chi connectivity index (χ1n) is 9.97. The molecule has 0 spiro atoms. The Kier molecular flexibility index (Phi) is 7.05. The van der Waals surface area contributed by atoms with Gasteiger partial charge in [-0.2, -0.15) is 0 Å². The van der Waals surface area contributed by atoms with Crippen LogP contribution in [-0.2, 0) is 4.79 Å². The summed E-state index contributed by atoms with van der Waals surface area (Å²) in [6.07, 6.45) is 2.40. The van der Waals surface area contributed by atoms with Gasteiger partial charge < -0.3 is 24.1 Å². The molecule has 1 heterocycles. The molecule has 7 heteroatoms. The van der Waals surface area contributed by atoms with Gasteiger partial charge in [-0.1, -0.05) is 18.6 Å². The molecule has 2 aromatic carbocycles. The molecule has 0 aliphatic carbocycles. The van der Waals surface area contributed by atoms with Gasteiger partial charge in [0.15, 0.2) is 11.5 Å². The summed E-state index contributed by atoms with van der Waals surface area (Å²) in [5.74, 6) is 1.64. The topological polar surface area (TPSA) is 77.5 Å². The van der Waals surface area contributed by atoms with E-state index in [-0.39, 0.29) is 0 Å². The smallest absolute Gasteiger partial charge is 0.320 e. The summed E-state index contributed by atoms with van der Waals surface area (Å²) in [7, 11) is 6.38. The molecule has 0 aromatic heterocycles. The standard InChI is InChI=1S/C23H29NO6/c1-27-15-11-12-16(20(14-15)29-3)21(24-13-6-5-9-18(24)23(25)26)17-8-7-10-19(28-2)22(17)30-4/h7-8,10-12,14,18,21H,5-6,9,13H2,1-4H3,(H,25,26). The third-order valence-electron chi connectivity index (χ3n) is 5.62. The first-order chi connectivity index (χ1) is 14.5. The second-order valence-corrected chi connectivity index (χ2v) is 7.18. The molecule has 1 fully saturated rings. The van der Waals surface area contributed by atoms with Gasteiger partial charge in [0.05, 0.1) is 34.5 Å². The van der Waals surface area contributed by atoms with E-state index in [1.165, 1.54) is 0 Å². The maximum absolute atomic E-state index is 12.1. The summed E-state index contributed by atoms with van der Waals surface area (Å²) in [5.41, 5.74) is 1.67. The molecule has 1 saturated heterocycles. The summed E-state index contributed by atoms with van der Waals surface area (Å²) < 4.78 is 22.2. The number of hydrogen-bond donors (Lipinski definition) is 1. The zero-order valence-electron chi connectivity index (χ0n) is 17.9. The number of carbonyl (C=O) groups is 1. The van der Waals surface area contributed by atoms with Gasteiger partial charge in [0.2, 0.25) is 0 Å². The fourth-order valence-electron chi connectivity index (χ4n) is 4.22.